The van der Waals surface area contributed by atoms with E-state index in [0.29, 0.717) is 23.3 Å². The molecule has 2 atom stereocenters. The number of methoxy groups -OCH3 is 1. The third-order valence-electron chi connectivity index (χ3n) is 2.53. The SMILES string of the molecule is CC(C)(C)OC=O.COc1ccc2c(c1)C(F)NC2F. The molecular formula is C14H19F2NO3. The minimum atomic E-state index is -1.43. The van der Waals surface area contributed by atoms with Crippen LogP contribution in [0.5, 0.6) is 5.75 Å². The first-order chi connectivity index (χ1) is 9.28. The number of carbonyl (C=O) groups is 1. The van der Waals surface area contributed by atoms with Crippen LogP contribution in [0.1, 0.15) is 44.5 Å². The molecule has 0 radical (unpaired) electrons. The molecule has 0 amide bonds. The lowest BCUT2D eigenvalue weighted by Crippen LogP contribution is -2.17. The van der Waals surface area contributed by atoms with Crippen LogP contribution in [-0.2, 0) is 9.53 Å². The first-order valence-corrected chi connectivity index (χ1v) is 6.12. The van der Waals surface area contributed by atoms with E-state index < -0.39 is 12.6 Å². The largest absolute Gasteiger partial charge is 0.497 e. The van der Waals surface area contributed by atoms with Crippen LogP contribution < -0.4 is 10.1 Å². The molecule has 112 valence electrons. The van der Waals surface area contributed by atoms with Gasteiger partial charge in [0.1, 0.15) is 11.4 Å². The smallest absolute Gasteiger partial charge is 0.293 e. The third-order valence-corrected chi connectivity index (χ3v) is 2.53. The number of fused-ring (bicyclic) bond motifs is 1. The van der Waals surface area contributed by atoms with Crippen LogP contribution in [0, 0.1) is 0 Å². The second-order valence-corrected chi connectivity index (χ2v) is 5.21. The maximum atomic E-state index is 13.1. The molecule has 0 saturated carbocycles. The molecule has 1 aliphatic heterocycles. The number of halogens is 2. The van der Waals surface area contributed by atoms with Gasteiger partial charge in [0.15, 0.2) is 12.6 Å². The second-order valence-electron chi connectivity index (χ2n) is 5.21. The van der Waals surface area contributed by atoms with Crippen molar-refractivity contribution in [2.45, 2.75) is 39.0 Å². The van der Waals surface area contributed by atoms with E-state index in [9.17, 15) is 13.6 Å². The molecule has 0 aromatic heterocycles. The summed E-state index contributed by atoms with van der Waals surface area (Å²) in [7, 11) is 1.49. The third kappa shape index (κ3) is 4.45. The lowest BCUT2D eigenvalue weighted by atomic mass is 10.1. The van der Waals surface area contributed by atoms with Crippen molar-refractivity contribution >= 4 is 6.47 Å². The van der Waals surface area contributed by atoms with Crippen molar-refractivity contribution in [1.82, 2.24) is 5.32 Å². The molecular weight excluding hydrogens is 268 g/mol. The van der Waals surface area contributed by atoms with Crippen molar-refractivity contribution in [1.29, 1.82) is 0 Å². The van der Waals surface area contributed by atoms with Crippen molar-refractivity contribution in [3.63, 3.8) is 0 Å². The monoisotopic (exact) mass is 287 g/mol. The van der Waals surface area contributed by atoms with Crippen LogP contribution in [0.2, 0.25) is 0 Å². The molecule has 1 heterocycles. The molecule has 2 unspecified atom stereocenters. The van der Waals surface area contributed by atoms with Gasteiger partial charge < -0.3 is 9.47 Å². The van der Waals surface area contributed by atoms with E-state index in [1.54, 1.807) is 6.07 Å². The second kappa shape index (κ2) is 6.65. The van der Waals surface area contributed by atoms with Crippen LogP contribution in [0.15, 0.2) is 18.2 Å². The zero-order valence-corrected chi connectivity index (χ0v) is 11.9. The molecule has 1 aromatic carbocycles. The molecule has 0 fully saturated rings. The first-order valence-electron chi connectivity index (χ1n) is 6.12. The van der Waals surface area contributed by atoms with Crippen LogP contribution in [0.25, 0.3) is 0 Å². The fraction of sp³-hybridized carbons (Fsp3) is 0.500. The van der Waals surface area contributed by atoms with Crippen LogP contribution in [0.3, 0.4) is 0 Å². The maximum Gasteiger partial charge on any atom is 0.293 e. The van der Waals surface area contributed by atoms with Crippen molar-refractivity contribution in [2.75, 3.05) is 7.11 Å². The summed E-state index contributed by atoms with van der Waals surface area (Å²) in [5.41, 5.74) is 0.363. The van der Waals surface area contributed by atoms with E-state index in [4.69, 9.17) is 4.74 Å². The van der Waals surface area contributed by atoms with Gasteiger partial charge in [-0.1, -0.05) is 6.07 Å². The normalized spacial score (nSPS) is 20.5. The summed E-state index contributed by atoms with van der Waals surface area (Å²) < 4.78 is 35.5. The summed E-state index contributed by atoms with van der Waals surface area (Å²) >= 11 is 0. The molecule has 0 aliphatic carbocycles. The van der Waals surface area contributed by atoms with Gasteiger partial charge in [0, 0.05) is 11.1 Å². The Morgan fingerprint density at radius 3 is 2.25 bits per heavy atom. The Kier molecular flexibility index (Phi) is 5.44. The molecule has 6 heteroatoms. The molecule has 0 saturated heterocycles. The number of nitrogens with one attached hydrogen (secondary N) is 1. The van der Waals surface area contributed by atoms with E-state index in [1.165, 1.54) is 19.2 Å². The zero-order valence-electron chi connectivity index (χ0n) is 11.9. The topological polar surface area (TPSA) is 47.6 Å². The van der Waals surface area contributed by atoms with Gasteiger partial charge in [-0.05, 0) is 32.9 Å². The lowest BCUT2D eigenvalue weighted by Gasteiger charge is -2.14. The van der Waals surface area contributed by atoms with Crippen LogP contribution in [-0.4, -0.2) is 19.2 Å². The number of ether oxygens (including phenoxy) is 2. The molecule has 0 bridgehead atoms. The summed E-state index contributed by atoms with van der Waals surface area (Å²) in [6.45, 7) is 5.92. The fourth-order valence-corrected chi connectivity index (χ4v) is 1.58. The number of benzene rings is 1. The Morgan fingerprint density at radius 1 is 1.20 bits per heavy atom. The minimum Gasteiger partial charge on any atom is -0.497 e. The summed E-state index contributed by atoms with van der Waals surface area (Å²) in [6, 6.07) is 4.66. The standard InChI is InChI=1S/C9H9F2NO.C5H10O2/c1-13-5-2-3-6-7(4-5)9(11)12-8(6)10;1-5(2,3)7-4-6/h2-4,8-9,12H,1H3;4H,1-3H3. The predicted molar refractivity (Wildman–Crippen MR) is 70.7 cm³/mol. The van der Waals surface area contributed by atoms with Gasteiger partial charge in [-0.2, -0.15) is 0 Å². The number of carbonyl (C=O) groups excluding carboxylic acids is 1. The van der Waals surface area contributed by atoms with Gasteiger partial charge in [-0.15, -0.1) is 0 Å². The fourth-order valence-electron chi connectivity index (χ4n) is 1.58. The van der Waals surface area contributed by atoms with Crippen LogP contribution >= 0.6 is 0 Å². The Hall–Kier alpha value is -1.69. The molecule has 1 N–H and O–H groups in total. The highest BCUT2D eigenvalue weighted by Gasteiger charge is 2.30. The zero-order chi connectivity index (χ0) is 15.3. The van der Waals surface area contributed by atoms with Crippen molar-refractivity contribution in [2.24, 2.45) is 0 Å². The van der Waals surface area contributed by atoms with E-state index in [0.717, 1.165) is 0 Å². The Labute approximate surface area is 117 Å². The van der Waals surface area contributed by atoms with E-state index in [-0.39, 0.29) is 5.60 Å². The molecule has 4 nitrogen and oxygen atoms in total. The molecule has 1 aliphatic rings. The maximum absolute atomic E-state index is 13.1. The van der Waals surface area contributed by atoms with Gasteiger partial charge in [-0.3, -0.25) is 10.1 Å². The molecule has 1 aromatic rings. The van der Waals surface area contributed by atoms with Crippen molar-refractivity contribution in [3.05, 3.63) is 29.3 Å². The highest BCUT2D eigenvalue weighted by Crippen LogP contribution is 2.36. The Morgan fingerprint density at radius 2 is 1.80 bits per heavy atom. The number of hydrogen-bond donors (Lipinski definition) is 1. The minimum absolute atomic E-state index is 0.318. The Balaban J connectivity index is 0.000000246. The van der Waals surface area contributed by atoms with Gasteiger partial charge in [0.05, 0.1) is 7.11 Å². The van der Waals surface area contributed by atoms with E-state index in [2.05, 4.69) is 10.1 Å². The van der Waals surface area contributed by atoms with Crippen molar-refractivity contribution < 1.29 is 23.0 Å². The molecule has 2 rings (SSSR count). The number of alkyl halides is 2. The summed E-state index contributed by atoms with van der Waals surface area (Å²) in [4.78, 5) is 9.60. The van der Waals surface area contributed by atoms with E-state index in [1.807, 2.05) is 20.8 Å². The average Bonchev–Trinajstić information content (AvgIpc) is 2.64. The summed E-state index contributed by atoms with van der Waals surface area (Å²) in [6.07, 6.45) is -2.84. The molecule has 20 heavy (non-hydrogen) atoms. The van der Waals surface area contributed by atoms with Gasteiger partial charge in [0.2, 0.25) is 0 Å². The summed E-state index contributed by atoms with van der Waals surface area (Å²) in [5, 5.41) is 2.14. The van der Waals surface area contributed by atoms with Crippen molar-refractivity contribution in [3.8, 4) is 5.75 Å². The average molecular weight is 287 g/mol. The van der Waals surface area contributed by atoms with Gasteiger partial charge >= 0.3 is 0 Å². The van der Waals surface area contributed by atoms with Gasteiger partial charge in [0.25, 0.3) is 6.47 Å². The highest BCUT2D eigenvalue weighted by atomic mass is 19.2. The Bertz CT molecular complexity index is 460. The first kappa shape index (κ1) is 16.4. The van der Waals surface area contributed by atoms with E-state index >= 15 is 0 Å². The molecule has 0 spiro atoms. The quantitative estimate of drug-likeness (QED) is 0.670. The van der Waals surface area contributed by atoms with Crippen LogP contribution in [0.4, 0.5) is 8.78 Å². The number of hydrogen-bond acceptors (Lipinski definition) is 4. The predicted octanol–water partition coefficient (Wildman–Crippen LogP) is 3.19. The highest BCUT2D eigenvalue weighted by molar-refractivity contribution is 5.40. The number of rotatable bonds is 2. The summed E-state index contributed by atoms with van der Waals surface area (Å²) in [5.74, 6) is 0.539. The lowest BCUT2D eigenvalue weighted by molar-refractivity contribution is -0.138. The van der Waals surface area contributed by atoms with Gasteiger partial charge in [-0.25, -0.2) is 8.78 Å².